The van der Waals surface area contributed by atoms with E-state index in [1.54, 1.807) is 6.07 Å². The van der Waals surface area contributed by atoms with Crippen molar-refractivity contribution in [3.63, 3.8) is 0 Å². The van der Waals surface area contributed by atoms with Gasteiger partial charge in [0.25, 0.3) is 5.91 Å². The average molecular weight is 401 g/mol. The zero-order chi connectivity index (χ0) is 21.0. The van der Waals surface area contributed by atoms with Crippen LogP contribution in [0, 0.1) is 0 Å². The lowest BCUT2D eigenvalue weighted by atomic mass is 10.0. The maximum absolute atomic E-state index is 13.0. The van der Waals surface area contributed by atoms with E-state index in [-0.39, 0.29) is 12.1 Å². The number of amides is 1. The number of fused-ring (bicyclic) bond motifs is 1. The number of esters is 1. The molecule has 29 heavy (non-hydrogen) atoms. The molecule has 4 nitrogen and oxygen atoms in total. The minimum absolute atomic E-state index is 0.0574. The maximum Gasteiger partial charge on any atom is 0.418 e. The lowest BCUT2D eigenvalue weighted by Gasteiger charge is -2.17. The number of hydrogen-bond donors (Lipinski definition) is 1. The number of carbonyl (C=O) groups excluding carboxylic acids is 2. The summed E-state index contributed by atoms with van der Waals surface area (Å²) in [6.45, 7) is 1.31. The number of para-hydroxylation sites is 1. The van der Waals surface area contributed by atoms with Crippen LogP contribution in [0.3, 0.4) is 0 Å². The highest BCUT2D eigenvalue weighted by molar-refractivity contribution is 5.96. The van der Waals surface area contributed by atoms with Crippen LogP contribution in [0.25, 0.3) is 10.8 Å². The van der Waals surface area contributed by atoms with Crippen molar-refractivity contribution in [2.45, 2.75) is 25.6 Å². The number of rotatable bonds is 5. The van der Waals surface area contributed by atoms with Gasteiger partial charge in [-0.2, -0.15) is 13.2 Å². The summed E-state index contributed by atoms with van der Waals surface area (Å²) in [5.74, 6) is -1.49. The van der Waals surface area contributed by atoms with E-state index in [1.807, 2.05) is 36.4 Å². The van der Waals surface area contributed by atoms with Gasteiger partial charge in [-0.1, -0.05) is 54.6 Å². The average Bonchev–Trinajstić information content (AvgIpc) is 2.67. The molecule has 0 aliphatic carbocycles. The van der Waals surface area contributed by atoms with E-state index in [2.05, 4.69) is 5.32 Å². The van der Waals surface area contributed by atoms with Crippen LogP contribution in [0.5, 0.6) is 0 Å². The Morgan fingerprint density at radius 1 is 0.966 bits per heavy atom. The molecule has 3 rings (SSSR count). The molecule has 0 aliphatic rings. The molecule has 1 amide bonds. The van der Waals surface area contributed by atoms with Crippen LogP contribution in [0.2, 0.25) is 0 Å². The molecule has 7 heteroatoms. The van der Waals surface area contributed by atoms with E-state index in [0.29, 0.717) is 0 Å². The van der Waals surface area contributed by atoms with Crippen molar-refractivity contribution in [1.82, 2.24) is 0 Å². The zero-order valence-electron chi connectivity index (χ0n) is 15.5. The number of ether oxygens (including phenoxy) is 1. The smallest absolute Gasteiger partial charge is 0.418 e. The first-order chi connectivity index (χ1) is 13.8. The normalized spacial score (nSPS) is 12.4. The van der Waals surface area contributed by atoms with Crippen LogP contribution in [0.1, 0.15) is 18.1 Å². The van der Waals surface area contributed by atoms with Gasteiger partial charge in [-0.25, -0.2) is 0 Å². The summed E-state index contributed by atoms with van der Waals surface area (Å²) < 4.78 is 44.3. The number of benzene rings is 3. The Balaban J connectivity index is 1.66. The molecule has 3 aromatic rings. The van der Waals surface area contributed by atoms with E-state index in [1.165, 1.54) is 19.1 Å². The van der Waals surface area contributed by atoms with E-state index >= 15 is 0 Å². The van der Waals surface area contributed by atoms with Gasteiger partial charge in [0.2, 0.25) is 0 Å². The number of hydrogen-bond acceptors (Lipinski definition) is 3. The first-order valence-corrected chi connectivity index (χ1v) is 8.89. The van der Waals surface area contributed by atoms with Gasteiger partial charge in [-0.05, 0) is 35.4 Å². The molecule has 0 spiro atoms. The molecule has 3 aromatic carbocycles. The van der Waals surface area contributed by atoms with Crippen LogP contribution in [0.4, 0.5) is 18.9 Å². The number of nitrogens with one attached hydrogen (secondary N) is 1. The molecule has 0 bridgehead atoms. The molecule has 1 N–H and O–H groups in total. The number of alkyl halides is 3. The summed E-state index contributed by atoms with van der Waals surface area (Å²) in [7, 11) is 0. The molecule has 1 unspecified atom stereocenters. The zero-order valence-corrected chi connectivity index (χ0v) is 15.5. The summed E-state index contributed by atoms with van der Waals surface area (Å²) in [4.78, 5) is 24.5. The van der Waals surface area contributed by atoms with Gasteiger partial charge in [-0.15, -0.1) is 0 Å². The monoisotopic (exact) mass is 401 g/mol. The van der Waals surface area contributed by atoms with Crippen molar-refractivity contribution >= 4 is 28.3 Å². The Morgan fingerprint density at radius 3 is 2.38 bits per heavy atom. The molecule has 0 radical (unpaired) electrons. The summed E-state index contributed by atoms with van der Waals surface area (Å²) in [6.07, 6.45) is -5.92. The maximum atomic E-state index is 13.0. The van der Waals surface area contributed by atoms with Gasteiger partial charge >= 0.3 is 12.1 Å². The summed E-state index contributed by atoms with van der Waals surface area (Å²) in [6, 6.07) is 17.7. The Hall–Kier alpha value is -3.35. The second-order valence-electron chi connectivity index (χ2n) is 6.48. The van der Waals surface area contributed by atoms with Crippen LogP contribution in [-0.2, 0) is 26.9 Å². The minimum Gasteiger partial charge on any atom is -0.452 e. The van der Waals surface area contributed by atoms with Gasteiger partial charge in [0.15, 0.2) is 6.10 Å². The molecule has 1 atom stereocenters. The van der Waals surface area contributed by atoms with E-state index in [9.17, 15) is 22.8 Å². The molecular weight excluding hydrogens is 383 g/mol. The molecule has 0 saturated heterocycles. The lowest BCUT2D eigenvalue weighted by Crippen LogP contribution is -2.31. The first-order valence-electron chi connectivity index (χ1n) is 8.89. The largest absolute Gasteiger partial charge is 0.452 e. The van der Waals surface area contributed by atoms with E-state index in [0.717, 1.165) is 28.5 Å². The molecule has 150 valence electrons. The third-order valence-electron chi connectivity index (χ3n) is 4.38. The van der Waals surface area contributed by atoms with Crippen LogP contribution in [0.15, 0.2) is 66.7 Å². The fourth-order valence-corrected chi connectivity index (χ4v) is 2.97. The van der Waals surface area contributed by atoms with Gasteiger partial charge in [0.05, 0.1) is 17.7 Å². The van der Waals surface area contributed by atoms with Crippen molar-refractivity contribution in [1.29, 1.82) is 0 Å². The molecule has 0 aliphatic heterocycles. The highest BCUT2D eigenvalue weighted by Crippen LogP contribution is 2.34. The van der Waals surface area contributed by atoms with Crippen molar-refractivity contribution in [2.75, 3.05) is 5.32 Å². The van der Waals surface area contributed by atoms with Gasteiger partial charge in [0.1, 0.15) is 0 Å². The van der Waals surface area contributed by atoms with Gasteiger partial charge < -0.3 is 10.1 Å². The highest BCUT2D eigenvalue weighted by atomic mass is 19.4. The molecule has 0 fully saturated rings. The van der Waals surface area contributed by atoms with Crippen molar-refractivity contribution in [3.8, 4) is 0 Å². The second-order valence-corrected chi connectivity index (χ2v) is 6.48. The minimum atomic E-state index is -4.61. The second kappa shape index (κ2) is 8.34. The lowest BCUT2D eigenvalue weighted by molar-refractivity contribution is -0.152. The Bertz CT molecular complexity index is 1040. The van der Waals surface area contributed by atoms with E-state index < -0.39 is 29.7 Å². The molecular formula is C22H18F3NO3. The van der Waals surface area contributed by atoms with Crippen molar-refractivity contribution < 1.29 is 27.5 Å². The standard InChI is InChI=1S/C22H18F3NO3/c1-14(21(28)26-19-12-5-4-11-18(19)22(23,24)25)29-20(27)13-16-9-6-8-15-7-2-3-10-17(15)16/h2-12,14H,13H2,1H3,(H,26,28). The summed E-state index contributed by atoms with van der Waals surface area (Å²) in [5.41, 5.74) is -0.618. The van der Waals surface area contributed by atoms with Gasteiger partial charge in [0, 0.05) is 0 Å². The Kier molecular flexibility index (Phi) is 5.87. The Morgan fingerprint density at radius 2 is 1.62 bits per heavy atom. The third-order valence-corrected chi connectivity index (χ3v) is 4.38. The van der Waals surface area contributed by atoms with Crippen molar-refractivity contribution in [3.05, 3.63) is 77.9 Å². The predicted molar refractivity (Wildman–Crippen MR) is 103 cm³/mol. The fraction of sp³-hybridized carbons (Fsp3) is 0.182. The molecule has 0 aromatic heterocycles. The summed E-state index contributed by atoms with van der Waals surface area (Å²) in [5, 5.41) is 4.04. The third kappa shape index (κ3) is 4.93. The predicted octanol–water partition coefficient (Wildman–Crippen LogP) is 4.97. The van der Waals surface area contributed by atoms with Crippen LogP contribution >= 0.6 is 0 Å². The topological polar surface area (TPSA) is 55.4 Å². The number of carbonyl (C=O) groups is 2. The SMILES string of the molecule is CC(OC(=O)Cc1cccc2ccccc12)C(=O)Nc1ccccc1C(F)(F)F. The van der Waals surface area contributed by atoms with Crippen molar-refractivity contribution in [2.24, 2.45) is 0 Å². The molecule has 0 heterocycles. The van der Waals surface area contributed by atoms with Gasteiger partial charge in [-0.3, -0.25) is 9.59 Å². The quantitative estimate of drug-likeness (QED) is 0.614. The van der Waals surface area contributed by atoms with Crippen LogP contribution in [-0.4, -0.2) is 18.0 Å². The Labute approximate surface area is 165 Å². The fourth-order valence-electron chi connectivity index (χ4n) is 2.97. The number of anilines is 1. The molecule has 0 saturated carbocycles. The number of halogens is 3. The summed E-state index contributed by atoms with van der Waals surface area (Å²) >= 11 is 0. The highest BCUT2D eigenvalue weighted by Gasteiger charge is 2.34. The van der Waals surface area contributed by atoms with E-state index in [4.69, 9.17) is 4.74 Å². The van der Waals surface area contributed by atoms with Crippen LogP contribution < -0.4 is 5.32 Å². The first kappa shape index (κ1) is 20.4.